The third-order valence-electron chi connectivity index (χ3n) is 5.86. The number of likely N-dealkylation sites (tertiary alicyclic amines) is 1. The second-order valence-corrected chi connectivity index (χ2v) is 7.92. The molecule has 1 unspecified atom stereocenters. The first kappa shape index (κ1) is 18.8. The first-order chi connectivity index (χ1) is 13.7. The number of nitrogens with zero attached hydrogens (tertiary/aromatic N) is 1. The first-order valence-electron chi connectivity index (χ1n) is 10.4. The number of amides is 1. The first-order valence-corrected chi connectivity index (χ1v) is 10.4. The molecular weight excluding hydrogens is 346 g/mol. The third kappa shape index (κ3) is 4.45. The number of aryl methyl sites for hydroxylation is 1. The third-order valence-corrected chi connectivity index (χ3v) is 5.86. The van der Waals surface area contributed by atoms with E-state index in [1.807, 2.05) is 30.5 Å². The molecule has 1 saturated heterocycles. The summed E-state index contributed by atoms with van der Waals surface area (Å²) in [6.07, 6.45) is 7.17. The van der Waals surface area contributed by atoms with Gasteiger partial charge in [-0.15, -0.1) is 0 Å². The van der Waals surface area contributed by atoms with Crippen LogP contribution in [-0.4, -0.2) is 28.4 Å². The molecule has 1 fully saturated rings. The Bertz CT molecular complexity index is 928. The van der Waals surface area contributed by atoms with Crippen LogP contribution in [0.2, 0.25) is 0 Å². The van der Waals surface area contributed by atoms with E-state index in [0.29, 0.717) is 12.5 Å². The van der Waals surface area contributed by atoms with E-state index in [1.54, 1.807) is 0 Å². The quantitative estimate of drug-likeness (QED) is 0.629. The van der Waals surface area contributed by atoms with E-state index in [9.17, 15) is 4.79 Å². The summed E-state index contributed by atoms with van der Waals surface area (Å²) in [4.78, 5) is 18.2. The minimum Gasteiger partial charge on any atom is -0.361 e. The molecule has 146 valence electrons. The SMILES string of the molecule is CC1CCCCN1Cc1ccc(NC(=O)CCc2c[nH]c3ccccc23)cc1. The topological polar surface area (TPSA) is 48.1 Å². The van der Waals surface area contributed by atoms with Crippen LogP contribution in [0.3, 0.4) is 0 Å². The Hall–Kier alpha value is -2.59. The number of carbonyl (C=O) groups excluding carboxylic acids is 1. The molecule has 1 aromatic heterocycles. The van der Waals surface area contributed by atoms with Crippen molar-refractivity contribution in [3.63, 3.8) is 0 Å². The maximum Gasteiger partial charge on any atom is 0.224 e. The van der Waals surface area contributed by atoms with Gasteiger partial charge in [-0.1, -0.05) is 36.8 Å². The molecule has 2 aromatic carbocycles. The number of aromatic amines is 1. The van der Waals surface area contributed by atoms with Crippen LogP contribution >= 0.6 is 0 Å². The number of para-hydroxylation sites is 1. The zero-order valence-electron chi connectivity index (χ0n) is 16.6. The molecule has 1 aliphatic rings. The van der Waals surface area contributed by atoms with Gasteiger partial charge in [-0.3, -0.25) is 9.69 Å². The Balaban J connectivity index is 1.29. The smallest absolute Gasteiger partial charge is 0.224 e. The zero-order valence-corrected chi connectivity index (χ0v) is 16.6. The van der Waals surface area contributed by atoms with Crippen LogP contribution in [0, 0.1) is 0 Å². The number of hydrogen-bond acceptors (Lipinski definition) is 2. The van der Waals surface area contributed by atoms with Crippen LogP contribution < -0.4 is 5.32 Å². The largest absolute Gasteiger partial charge is 0.361 e. The Labute approximate surface area is 166 Å². The Kier molecular flexibility index (Phi) is 5.77. The summed E-state index contributed by atoms with van der Waals surface area (Å²) >= 11 is 0. The number of carbonyl (C=O) groups is 1. The van der Waals surface area contributed by atoms with Crippen LogP contribution in [0.5, 0.6) is 0 Å². The van der Waals surface area contributed by atoms with Gasteiger partial charge in [0.1, 0.15) is 0 Å². The normalized spacial score (nSPS) is 17.7. The number of anilines is 1. The molecule has 4 heteroatoms. The maximum absolute atomic E-state index is 12.4. The minimum absolute atomic E-state index is 0.0580. The van der Waals surface area contributed by atoms with Gasteiger partial charge in [-0.05, 0) is 62.1 Å². The van der Waals surface area contributed by atoms with Crippen molar-refractivity contribution in [2.45, 2.75) is 51.6 Å². The molecule has 3 aromatic rings. The van der Waals surface area contributed by atoms with Crippen molar-refractivity contribution < 1.29 is 4.79 Å². The Morgan fingerprint density at radius 2 is 1.96 bits per heavy atom. The molecule has 2 heterocycles. The van der Waals surface area contributed by atoms with Crippen molar-refractivity contribution in [3.05, 3.63) is 65.9 Å². The number of nitrogens with one attached hydrogen (secondary N) is 2. The predicted octanol–water partition coefficient (Wildman–Crippen LogP) is 5.11. The molecule has 1 aliphatic heterocycles. The standard InChI is InChI=1S/C24H29N3O/c1-18-6-4-5-15-27(18)17-19-9-12-21(13-10-19)26-24(28)14-11-20-16-25-23-8-3-2-7-22(20)23/h2-3,7-10,12-13,16,18,25H,4-6,11,14-15,17H2,1H3,(H,26,28). The summed E-state index contributed by atoms with van der Waals surface area (Å²) in [6.45, 7) is 4.50. The van der Waals surface area contributed by atoms with E-state index in [4.69, 9.17) is 0 Å². The van der Waals surface area contributed by atoms with Gasteiger partial charge in [0.2, 0.25) is 5.91 Å². The molecular formula is C24H29N3O. The highest BCUT2D eigenvalue weighted by atomic mass is 16.1. The van der Waals surface area contributed by atoms with E-state index in [0.717, 1.165) is 24.2 Å². The van der Waals surface area contributed by atoms with Gasteiger partial charge in [-0.2, -0.15) is 0 Å². The van der Waals surface area contributed by atoms with E-state index >= 15 is 0 Å². The van der Waals surface area contributed by atoms with Crippen LogP contribution in [0.1, 0.15) is 43.7 Å². The summed E-state index contributed by atoms with van der Waals surface area (Å²) in [7, 11) is 0. The highest BCUT2D eigenvalue weighted by Crippen LogP contribution is 2.21. The van der Waals surface area contributed by atoms with E-state index in [2.05, 4.69) is 46.4 Å². The number of piperidine rings is 1. The molecule has 0 saturated carbocycles. The van der Waals surface area contributed by atoms with Crippen molar-refractivity contribution in [2.75, 3.05) is 11.9 Å². The van der Waals surface area contributed by atoms with Crippen molar-refractivity contribution in [1.29, 1.82) is 0 Å². The van der Waals surface area contributed by atoms with E-state index in [-0.39, 0.29) is 5.91 Å². The molecule has 0 spiro atoms. The summed E-state index contributed by atoms with van der Waals surface area (Å²) in [5.74, 6) is 0.0580. The fraction of sp³-hybridized carbons (Fsp3) is 0.375. The minimum atomic E-state index is 0.0580. The van der Waals surface area contributed by atoms with E-state index in [1.165, 1.54) is 42.3 Å². The lowest BCUT2D eigenvalue weighted by molar-refractivity contribution is -0.116. The number of H-pyrrole nitrogens is 1. The van der Waals surface area contributed by atoms with Gasteiger partial charge in [-0.25, -0.2) is 0 Å². The second-order valence-electron chi connectivity index (χ2n) is 7.92. The summed E-state index contributed by atoms with van der Waals surface area (Å²) < 4.78 is 0. The van der Waals surface area contributed by atoms with Crippen molar-refractivity contribution in [1.82, 2.24) is 9.88 Å². The van der Waals surface area contributed by atoms with Gasteiger partial charge >= 0.3 is 0 Å². The van der Waals surface area contributed by atoms with Gasteiger partial charge < -0.3 is 10.3 Å². The number of benzene rings is 2. The van der Waals surface area contributed by atoms with Gasteiger partial charge in [0.25, 0.3) is 0 Å². The predicted molar refractivity (Wildman–Crippen MR) is 115 cm³/mol. The summed E-state index contributed by atoms with van der Waals surface area (Å²) in [5.41, 5.74) is 4.50. The fourth-order valence-corrected chi connectivity index (χ4v) is 4.13. The molecule has 0 radical (unpaired) electrons. The van der Waals surface area contributed by atoms with Crippen LogP contribution in [0.25, 0.3) is 10.9 Å². The molecule has 4 nitrogen and oxygen atoms in total. The lowest BCUT2D eigenvalue weighted by atomic mass is 10.0. The van der Waals surface area contributed by atoms with E-state index < -0.39 is 0 Å². The summed E-state index contributed by atoms with van der Waals surface area (Å²) in [6, 6.07) is 17.2. The fourth-order valence-electron chi connectivity index (χ4n) is 4.13. The van der Waals surface area contributed by atoms with Crippen LogP contribution in [-0.2, 0) is 17.8 Å². The van der Waals surface area contributed by atoms with Crippen molar-refractivity contribution >= 4 is 22.5 Å². The Morgan fingerprint density at radius 1 is 1.14 bits per heavy atom. The molecule has 0 bridgehead atoms. The second kappa shape index (κ2) is 8.61. The lowest BCUT2D eigenvalue weighted by Crippen LogP contribution is -2.36. The monoisotopic (exact) mass is 375 g/mol. The lowest BCUT2D eigenvalue weighted by Gasteiger charge is -2.33. The number of rotatable bonds is 6. The Morgan fingerprint density at radius 3 is 2.79 bits per heavy atom. The van der Waals surface area contributed by atoms with Gasteiger partial charge in [0.15, 0.2) is 0 Å². The molecule has 4 rings (SSSR count). The number of hydrogen-bond donors (Lipinski definition) is 2. The van der Waals surface area contributed by atoms with Crippen LogP contribution in [0.15, 0.2) is 54.7 Å². The highest BCUT2D eigenvalue weighted by Gasteiger charge is 2.18. The van der Waals surface area contributed by atoms with Crippen molar-refractivity contribution in [2.24, 2.45) is 0 Å². The average Bonchev–Trinajstić information content (AvgIpc) is 3.13. The molecule has 1 atom stereocenters. The molecule has 2 N–H and O–H groups in total. The molecule has 0 aliphatic carbocycles. The van der Waals surface area contributed by atoms with Crippen LogP contribution in [0.4, 0.5) is 5.69 Å². The van der Waals surface area contributed by atoms with Gasteiger partial charge in [0.05, 0.1) is 0 Å². The molecule has 28 heavy (non-hydrogen) atoms. The molecule has 1 amide bonds. The number of aromatic nitrogens is 1. The van der Waals surface area contributed by atoms with Crippen molar-refractivity contribution in [3.8, 4) is 0 Å². The highest BCUT2D eigenvalue weighted by molar-refractivity contribution is 5.91. The maximum atomic E-state index is 12.4. The zero-order chi connectivity index (χ0) is 19.3. The number of fused-ring (bicyclic) bond motifs is 1. The summed E-state index contributed by atoms with van der Waals surface area (Å²) in [5, 5.41) is 4.23. The van der Waals surface area contributed by atoms with Gasteiger partial charge in [0, 0.05) is 41.8 Å². The average molecular weight is 376 g/mol.